The molecule has 41 heavy (non-hydrogen) atoms. The molecule has 4 saturated carbocycles. The molecule has 8 nitrogen and oxygen atoms in total. The van der Waals surface area contributed by atoms with Crippen LogP contribution in [0.1, 0.15) is 100 Å². The molecule has 0 N–H and O–H groups in total. The van der Waals surface area contributed by atoms with Crippen LogP contribution in [0.2, 0.25) is 0 Å². The van der Waals surface area contributed by atoms with Gasteiger partial charge in [0, 0.05) is 48.8 Å². The molecule has 4 aliphatic carbocycles. The maximum absolute atomic E-state index is 14.0. The fraction of sp³-hybridized carbons (Fsp3) is 0.613. The summed E-state index contributed by atoms with van der Waals surface area (Å²) < 4.78 is 43.0. The Hall–Kier alpha value is -3.14. The number of ether oxygens (including phenoxy) is 1. The zero-order chi connectivity index (χ0) is 28.0. The van der Waals surface area contributed by atoms with Gasteiger partial charge in [-0.1, -0.05) is 11.2 Å². The van der Waals surface area contributed by atoms with Gasteiger partial charge >= 0.3 is 0 Å². The molecule has 2 aromatic heterocycles. The third kappa shape index (κ3) is 5.31. The molecule has 1 aliphatic heterocycles. The van der Waals surface area contributed by atoms with Crippen molar-refractivity contribution in [2.24, 2.45) is 11.3 Å². The Bertz CT molecular complexity index is 1370. The molecule has 0 unspecified atom stereocenters. The minimum Gasteiger partial charge on any atom is -0.444 e. The van der Waals surface area contributed by atoms with Crippen LogP contribution >= 0.6 is 0 Å². The van der Waals surface area contributed by atoms with Crippen LogP contribution in [0.5, 0.6) is 0 Å². The molecule has 5 fully saturated rings. The first-order chi connectivity index (χ1) is 19.9. The van der Waals surface area contributed by atoms with E-state index in [0.29, 0.717) is 43.6 Å². The van der Waals surface area contributed by atoms with E-state index in [1.54, 1.807) is 6.07 Å². The first-order valence-electron chi connectivity index (χ1n) is 15.0. The topological polar surface area (TPSA) is 94.5 Å². The number of carbonyl (C=O) groups is 1. The molecule has 3 heterocycles. The predicted molar refractivity (Wildman–Crippen MR) is 145 cm³/mol. The number of rotatable bonds is 9. The van der Waals surface area contributed by atoms with Gasteiger partial charge in [0.2, 0.25) is 17.7 Å². The molecule has 3 aromatic rings. The second-order valence-electron chi connectivity index (χ2n) is 12.7. The maximum Gasteiger partial charge on any atom is 0.283 e. The molecular weight excluding hydrogens is 530 g/mol. The van der Waals surface area contributed by atoms with Gasteiger partial charge in [-0.05, 0) is 93.7 Å². The monoisotopic (exact) mass is 566 g/mol. The highest BCUT2D eigenvalue weighted by molar-refractivity contribution is 5.94. The van der Waals surface area contributed by atoms with Gasteiger partial charge in [0.05, 0.1) is 0 Å². The van der Waals surface area contributed by atoms with E-state index in [-0.39, 0.29) is 22.6 Å². The fourth-order valence-electron chi connectivity index (χ4n) is 7.07. The fourth-order valence-corrected chi connectivity index (χ4v) is 7.07. The van der Waals surface area contributed by atoms with E-state index in [9.17, 15) is 13.6 Å². The summed E-state index contributed by atoms with van der Waals surface area (Å²) in [6.45, 7) is 2.00. The maximum atomic E-state index is 14.0. The minimum absolute atomic E-state index is 0.00815. The van der Waals surface area contributed by atoms with Crippen molar-refractivity contribution in [3.8, 4) is 11.5 Å². The SMILES string of the molecule is O=C(CC1CCOCC1)N(CC12CCC(c3nc(C4CC4)no3)(CC1)CC2)c1cccc(-c2nc(C(F)F)co2)c1. The van der Waals surface area contributed by atoms with Crippen LogP contribution in [0, 0.1) is 11.3 Å². The second-order valence-corrected chi connectivity index (χ2v) is 12.7. The highest BCUT2D eigenvalue weighted by Gasteiger charge is 2.53. The zero-order valence-electron chi connectivity index (χ0n) is 23.2. The van der Waals surface area contributed by atoms with Crippen molar-refractivity contribution < 1.29 is 27.3 Å². The van der Waals surface area contributed by atoms with Crippen LogP contribution in [-0.4, -0.2) is 40.8 Å². The average Bonchev–Trinajstić information content (AvgIpc) is 3.50. The normalized spacial score (nSPS) is 26.5. The summed E-state index contributed by atoms with van der Waals surface area (Å²) in [7, 11) is 0. The van der Waals surface area contributed by atoms with E-state index in [4.69, 9.17) is 18.7 Å². The van der Waals surface area contributed by atoms with Gasteiger partial charge in [-0.15, -0.1) is 0 Å². The van der Waals surface area contributed by atoms with Crippen LogP contribution in [-0.2, 0) is 14.9 Å². The highest BCUT2D eigenvalue weighted by atomic mass is 19.3. The lowest BCUT2D eigenvalue weighted by atomic mass is 9.53. The van der Waals surface area contributed by atoms with E-state index < -0.39 is 12.1 Å². The molecule has 0 spiro atoms. The Kier molecular flexibility index (Phi) is 6.92. The van der Waals surface area contributed by atoms with Crippen LogP contribution in [0.25, 0.3) is 11.5 Å². The number of halogens is 2. The van der Waals surface area contributed by atoms with E-state index in [1.807, 2.05) is 23.1 Å². The summed E-state index contributed by atoms with van der Waals surface area (Å²) in [6.07, 6.45) is 8.74. The van der Waals surface area contributed by atoms with Crippen molar-refractivity contribution in [3.05, 3.63) is 47.9 Å². The molecule has 1 saturated heterocycles. The number of aromatic nitrogens is 3. The lowest BCUT2D eigenvalue weighted by molar-refractivity contribution is -0.121. The molecule has 1 aromatic carbocycles. The van der Waals surface area contributed by atoms with Gasteiger partial charge in [-0.2, -0.15) is 4.98 Å². The molecule has 8 rings (SSSR count). The first-order valence-corrected chi connectivity index (χ1v) is 15.0. The van der Waals surface area contributed by atoms with Crippen LogP contribution in [0.3, 0.4) is 0 Å². The Balaban J connectivity index is 1.13. The number of fused-ring (bicyclic) bond motifs is 3. The molecule has 5 aliphatic rings. The summed E-state index contributed by atoms with van der Waals surface area (Å²) in [5.74, 6) is 2.66. The molecule has 10 heteroatoms. The standard InChI is InChI=1S/C31H36F2N4O4/c32-26(33)24-18-40-28(34-24)22-2-1-3-23(17-22)37(25(38)16-20-6-14-39-15-7-20)19-30-8-11-31(12-9-30,13-10-30)29-35-27(36-41-29)21-4-5-21/h1-3,17-18,20-21,26H,4-16,19H2. The number of alkyl halides is 2. The Morgan fingerprint density at radius 1 is 1.02 bits per heavy atom. The molecule has 1 amide bonds. The molecule has 0 radical (unpaired) electrons. The third-order valence-corrected chi connectivity index (χ3v) is 9.99. The summed E-state index contributed by atoms with van der Waals surface area (Å²) in [4.78, 5) is 24.7. The Morgan fingerprint density at radius 3 is 2.46 bits per heavy atom. The van der Waals surface area contributed by atoms with Crippen LogP contribution < -0.4 is 4.90 Å². The largest absolute Gasteiger partial charge is 0.444 e. The second kappa shape index (κ2) is 10.6. The van der Waals surface area contributed by atoms with Crippen molar-refractivity contribution in [3.63, 3.8) is 0 Å². The highest BCUT2D eigenvalue weighted by Crippen LogP contribution is 2.58. The lowest BCUT2D eigenvalue weighted by Gasteiger charge is -2.53. The van der Waals surface area contributed by atoms with Gasteiger partial charge in [0.15, 0.2) is 5.82 Å². The third-order valence-electron chi connectivity index (χ3n) is 9.99. The zero-order valence-corrected chi connectivity index (χ0v) is 23.2. The summed E-state index contributed by atoms with van der Waals surface area (Å²) >= 11 is 0. The molecule has 218 valence electrons. The van der Waals surface area contributed by atoms with Gasteiger partial charge in [0.1, 0.15) is 12.0 Å². The quantitative estimate of drug-likeness (QED) is 0.276. The average molecular weight is 567 g/mol. The smallest absolute Gasteiger partial charge is 0.283 e. The van der Waals surface area contributed by atoms with Crippen LogP contribution in [0.4, 0.5) is 14.5 Å². The van der Waals surface area contributed by atoms with E-state index in [0.717, 1.165) is 87.9 Å². The van der Waals surface area contributed by atoms with Crippen molar-refractivity contribution in [2.75, 3.05) is 24.7 Å². The van der Waals surface area contributed by atoms with Crippen molar-refractivity contribution in [1.82, 2.24) is 15.1 Å². The minimum atomic E-state index is -2.70. The number of oxazole rings is 1. The van der Waals surface area contributed by atoms with E-state index >= 15 is 0 Å². The lowest BCUT2D eigenvalue weighted by Crippen LogP contribution is -2.51. The number of benzene rings is 1. The number of hydrogen-bond acceptors (Lipinski definition) is 7. The number of anilines is 1. The summed E-state index contributed by atoms with van der Waals surface area (Å²) in [5, 5.41) is 4.29. The molecule has 2 bridgehead atoms. The molecular formula is C31H36F2N4O4. The first kappa shape index (κ1) is 26.7. The van der Waals surface area contributed by atoms with Gasteiger partial charge in [-0.3, -0.25) is 4.79 Å². The Labute approximate surface area is 237 Å². The molecule has 0 atom stereocenters. The summed E-state index contributed by atoms with van der Waals surface area (Å²) in [6, 6.07) is 7.38. The van der Waals surface area contributed by atoms with Gasteiger partial charge in [0.25, 0.3) is 6.43 Å². The number of amides is 1. The van der Waals surface area contributed by atoms with E-state index in [2.05, 4.69) is 10.1 Å². The van der Waals surface area contributed by atoms with Gasteiger partial charge < -0.3 is 18.6 Å². The van der Waals surface area contributed by atoms with E-state index in [1.165, 1.54) is 0 Å². The number of nitrogens with zero attached hydrogens (tertiary/aromatic N) is 4. The Morgan fingerprint density at radius 2 is 1.78 bits per heavy atom. The van der Waals surface area contributed by atoms with Crippen molar-refractivity contribution in [1.29, 1.82) is 0 Å². The van der Waals surface area contributed by atoms with Gasteiger partial charge in [-0.25, -0.2) is 13.8 Å². The predicted octanol–water partition coefficient (Wildman–Crippen LogP) is 6.98. The van der Waals surface area contributed by atoms with Crippen molar-refractivity contribution >= 4 is 11.6 Å². The number of carbonyl (C=O) groups excluding carboxylic acids is 1. The van der Waals surface area contributed by atoms with Crippen LogP contribution in [0.15, 0.2) is 39.5 Å². The van der Waals surface area contributed by atoms with Crippen molar-refractivity contribution in [2.45, 2.75) is 88.4 Å². The number of hydrogen-bond donors (Lipinski definition) is 0. The summed E-state index contributed by atoms with van der Waals surface area (Å²) in [5.41, 5.74) is 0.888.